The van der Waals surface area contributed by atoms with Gasteiger partial charge in [0.25, 0.3) is 0 Å². The molecule has 1 heterocycles. The van der Waals surface area contributed by atoms with Crippen molar-refractivity contribution in [2.75, 3.05) is 26.3 Å². The molecule has 0 aromatic heterocycles. The number of hydrogen-bond acceptors (Lipinski definition) is 2. The van der Waals surface area contributed by atoms with Crippen LogP contribution in [0.5, 0.6) is 0 Å². The summed E-state index contributed by atoms with van der Waals surface area (Å²) in [6.45, 7) is 6.58. The Morgan fingerprint density at radius 2 is 2.23 bits per heavy atom. The number of nitrogens with one attached hydrogen (secondary N) is 1. The van der Waals surface area contributed by atoms with Crippen molar-refractivity contribution in [2.45, 2.75) is 39.0 Å². The lowest BCUT2D eigenvalue weighted by Gasteiger charge is -2.08. The Morgan fingerprint density at radius 1 is 1.31 bits per heavy atom. The maximum absolute atomic E-state index is 5.57. The van der Waals surface area contributed by atoms with E-state index < -0.39 is 0 Å². The van der Waals surface area contributed by atoms with Gasteiger partial charge in [0.2, 0.25) is 0 Å². The molecule has 1 N–H and O–H groups in total. The molecule has 0 aromatic carbocycles. The van der Waals surface area contributed by atoms with E-state index >= 15 is 0 Å². The van der Waals surface area contributed by atoms with Gasteiger partial charge in [-0.1, -0.05) is 19.8 Å². The van der Waals surface area contributed by atoms with E-state index in [-0.39, 0.29) is 0 Å². The highest BCUT2D eigenvalue weighted by Crippen LogP contribution is 2.11. The minimum absolute atomic E-state index is 0.881. The quantitative estimate of drug-likeness (QED) is 0.614. The molecule has 78 valence electrons. The molecule has 0 aliphatic carbocycles. The van der Waals surface area contributed by atoms with Crippen LogP contribution in [0.3, 0.4) is 0 Å². The van der Waals surface area contributed by atoms with Gasteiger partial charge in [0, 0.05) is 13.2 Å². The predicted molar refractivity (Wildman–Crippen MR) is 55.9 cm³/mol. The third-order valence-corrected chi connectivity index (χ3v) is 2.73. The summed E-state index contributed by atoms with van der Waals surface area (Å²) in [6, 6.07) is 0. The van der Waals surface area contributed by atoms with Gasteiger partial charge in [-0.15, -0.1) is 0 Å². The predicted octanol–water partition coefficient (Wildman–Crippen LogP) is 2.19. The van der Waals surface area contributed by atoms with Crippen LogP contribution in [-0.2, 0) is 4.74 Å². The van der Waals surface area contributed by atoms with Gasteiger partial charge in [0.15, 0.2) is 0 Å². The molecular weight excluding hydrogens is 162 g/mol. The van der Waals surface area contributed by atoms with Crippen molar-refractivity contribution in [3.63, 3.8) is 0 Å². The van der Waals surface area contributed by atoms with Crippen LogP contribution in [0.4, 0.5) is 0 Å². The summed E-state index contributed by atoms with van der Waals surface area (Å²) in [6.07, 6.45) is 6.43. The SMILES string of the molecule is CCCCCOCCC1CCNC1. The zero-order valence-corrected chi connectivity index (χ0v) is 8.85. The van der Waals surface area contributed by atoms with Gasteiger partial charge in [-0.3, -0.25) is 0 Å². The molecule has 0 aromatic rings. The molecular formula is C11H23NO. The first-order valence-corrected chi connectivity index (χ1v) is 5.72. The first-order valence-electron chi connectivity index (χ1n) is 5.72. The lowest BCUT2D eigenvalue weighted by atomic mass is 10.1. The largest absolute Gasteiger partial charge is 0.381 e. The van der Waals surface area contributed by atoms with E-state index in [4.69, 9.17) is 4.74 Å². The average molecular weight is 185 g/mol. The topological polar surface area (TPSA) is 21.3 Å². The van der Waals surface area contributed by atoms with Crippen LogP contribution < -0.4 is 5.32 Å². The van der Waals surface area contributed by atoms with Crippen LogP contribution in [0.2, 0.25) is 0 Å². The van der Waals surface area contributed by atoms with Gasteiger partial charge >= 0.3 is 0 Å². The molecule has 1 unspecified atom stereocenters. The Bertz CT molecular complexity index is 111. The summed E-state index contributed by atoms with van der Waals surface area (Å²) < 4.78 is 5.57. The molecule has 1 aliphatic heterocycles. The Hall–Kier alpha value is -0.0800. The highest BCUT2D eigenvalue weighted by molar-refractivity contribution is 4.70. The molecule has 1 atom stereocenters. The fourth-order valence-electron chi connectivity index (χ4n) is 1.77. The van der Waals surface area contributed by atoms with E-state index in [0.29, 0.717) is 0 Å². The van der Waals surface area contributed by atoms with Crippen LogP contribution in [0.1, 0.15) is 39.0 Å². The molecule has 13 heavy (non-hydrogen) atoms. The number of rotatable bonds is 7. The third-order valence-electron chi connectivity index (χ3n) is 2.73. The number of hydrogen-bond donors (Lipinski definition) is 1. The third kappa shape index (κ3) is 5.27. The summed E-state index contributed by atoms with van der Waals surface area (Å²) >= 11 is 0. The van der Waals surface area contributed by atoms with Crippen molar-refractivity contribution in [1.82, 2.24) is 5.32 Å². The summed E-state index contributed by atoms with van der Waals surface area (Å²) in [4.78, 5) is 0. The molecule has 2 nitrogen and oxygen atoms in total. The standard InChI is InChI=1S/C11H23NO/c1-2-3-4-8-13-9-6-11-5-7-12-10-11/h11-12H,2-10H2,1H3. The Morgan fingerprint density at radius 3 is 2.92 bits per heavy atom. The van der Waals surface area contributed by atoms with Crippen molar-refractivity contribution >= 4 is 0 Å². The van der Waals surface area contributed by atoms with Gasteiger partial charge in [-0.25, -0.2) is 0 Å². The molecule has 0 bridgehead atoms. The Balaban J connectivity index is 1.78. The van der Waals surface area contributed by atoms with Gasteiger partial charge in [-0.2, -0.15) is 0 Å². The van der Waals surface area contributed by atoms with Crippen LogP contribution in [0.15, 0.2) is 0 Å². The van der Waals surface area contributed by atoms with Crippen LogP contribution >= 0.6 is 0 Å². The molecule has 1 fully saturated rings. The van der Waals surface area contributed by atoms with E-state index in [9.17, 15) is 0 Å². The first-order chi connectivity index (χ1) is 6.43. The molecule has 0 spiro atoms. The maximum Gasteiger partial charge on any atom is 0.0469 e. The molecule has 0 saturated carbocycles. The lowest BCUT2D eigenvalue weighted by Crippen LogP contribution is -2.11. The van der Waals surface area contributed by atoms with Crippen LogP contribution in [0, 0.1) is 5.92 Å². The Kier molecular flexibility index (Phi) is 6.21. The smallest absolute Gasteiger partial charge is 0.0469 e. The van der Waals surface area contributed by atoms with Crippen molar-refractivity contribution in [3.8, 4) is 0 Å². The molecule has 0 amide bonds. The van der Waals surface area contributed by atoms with Crippen molar-refractivity contribution in [1.29, 1.82) is 0 Å². The van der Waals surface area contributed by atoms with E-state index in [1.165, 1.54) is 45.2 Å². The highest BCUT2D eigenvalue weighted by atomic mass is 16.5. The molecule has 1 rings (SSSR count). The van der Waals surface area contributed by atoms with Crippen molar-refractivity contribution < 1.29 is 4.74 Å². The fraction of sp³-hybridized carbons (Fsp3) is 1.00. The fourth-order valence-corrected chi connectivity index (χ4v) is 1.77. The maximum atomic E-state index is 5.57. The van der Waals surface area contributed by atoms with E-state index in [2.05, 4.69) is 12.2 Å². The molecule has 1 aliphatic rings. The zero-order valence-electron chi connectivity index (χ0n) is 8.85. The van der Waals surface area contributed by atoms with Crippen molar-refractivity contribution in [3.05, 3.63) is 0 Å². The molecule has 2 heteroatoms. The van der Waals surface area contributed by atoms with Gasteiger partial charge in [0.1, 0.15) is 0 Å². The monoisotopic (exact) mass is 185 g/mol. The van der Waals surface area contributed by atoms with Crippen LogP contribution in [0.25, 0.3) is 0 Å². The zero-order chi connectivity index (χ0) is 9.36. The average Bonchev–Trinajstić information content (AvgIpc) is 2.63. The minimum Gasteiger partial charge on any atom is -0.381 e. The normalized spacial score (nSPS) is 22.4. The van der Waals surface area contributed by atoms with Gasteiger partial charge < -0.3 is 10.1 Å². The molecule has 0 radical (unpaired) electrons. The summed E-state index contributed by atoms with van der Waals surface area (Å²) in [5.41, 5.74) is 0. The van der Waals surface area contributed by atoms with Crippen molar-refractivity contribution in [2.24, 2.45) is 5.92 Å². The molecule has 1 saturated heterocycles. The van der Waals surface area contributed by atoms with Gasteiger partial charge in [0.05, 0.1) is 0 Å². The van der Waals surface area contributed by atoms with E-state index in [1.807, 2.05) is 0 Å². The van der Waals surface area contributed by atoms with Crippen LogP contribution in [-0.4, -0.2) is 26.3 Å². The highest BCUT2D eigenvalue weighted by Gasteiger charge is 2.13. The Labute approximate surface area is 82.0 Å². The second-order valence-corrected chi connectivity index (χ2v) is 3.97. The first kappa shape index (κ1) is 11.0. The second kappa shape index (κ2) is 7.34. The summed E-state index contributed by atoms with van der Waals surface area (Å²) in [5, 5.41) is 3.38. The summed E-state index contributed by atoms with van der Waals surface area (Å²) in [7, 11) is 0. The summed E-state index contributed by atoms with van der Waals surface area (Å²) in [5.74, 6) is 0.881. The van der Waals surface area contributed by atoms with Gasteiger partial charge in [-0.05, 0) is 38.3 Å². The second-order valence-electron chi connectivity index (χ2n) is 3.97. The number of ether oxygens (including phenoxy) is 1. The van der Waals surface area contributed by atoms with E-state index in [0.717, 1.165) is 19.1 Å². The number of unbranched alkanes of at least 4 members (excludes halogenated alkanes) is 2. The lowest BCUT2D eigenvalue weighted by molar-refractivity contribution is 0.118. The van der Waals surface area contributed by atoms with E-state index in [1.54, 1.807) is 0 Å². The minimum atomic E-state index is 0.881.